The van der Waals surface area contributed by atoms with Crippen molar-refractivity contribution in [3.05, 3.63) is 52.5 Å². The van der Waals surface area contributed by atoms with Gasteiger partial charge in [0.15, 0.2) is 0 Å². The van der Waals surface area contributed by atoms with Crippen LogP contribution in [0.25, 0.3) is 0 Å². The summed E-state index contributed by atoms with van der Waals surface area (Å²) in [6, 6.07) is 14.8. The lowest BCUT2D eigenvalue weighted by Gasteiger charge is -2.31. The first-order chi connectivity index (χ1) is 10.6. The first-order valence-corrected chi connectivity index (χ1v) is 9.02. The van der Waals surface area contributed by atoms with E-state index in [0.29, 0.717) is 17.3 Å². The van der Waals surface area contributed by atoms with E-state index in [1.807, 2.05) is 12.1 Å². The number of benzene rings is 2. The van der Waals surface area contributed by atoms with E-state index in [0.717, 1.165) is 22.5 Å². The Hall–Kier alpha value is -1.17. The van der Waals surface area contributed by atoms with Gasteiger partial charge >= 0.3 is 0 Å². The van der Waals surface area contributed by atoms with Crippen LogP contribution >= 0.6 is 27.9 Å². The molecule has 1 aliphatic heterocycles. The Morgan fingerprint density at radius 2 is 1.73 bits per heavy atom. The molecular weight excluding hydrogens is 358 g/mol. The Morgan fingerprint density at radius 3 is 2.36 bits per heavy atom. The third kappa shape index (κ3) is 3.59. The maximum Gasteiger partial charge on any atom is 0.0692 e. The SMILES string of the molecule is Nc1cc(SN2CCC(c3ccccc3)CC2)cc(Br)c1N. The average molecular weight is 378 g/mol. The molecule has 1 heterocycles. The molecule has 0 unspecified atom stereocenters. The zero-order valence-electron chi connectivity index (χ0n) is 12.3. The summed E-state index contributed by atoms with van der Waals surface area (Å²) in [5, 5.41) is 0. The van der Waals surface area contributed by atoms with Crippen LogP contribution in [0, 0.1) is 0 Å². The summed E-state index contributed by atoms with van der Waals surface area (Å²) in [4.78, 5) is 1.14. The zero-order chi connectivity index (χ0) is 15.5. The molecule has 0 amide bonds. The van der Waals surface area contributed by atoms with Gasteiger partial charge in [0, 0.05) is 22.5 Å². The highest BCUT2D eigenvalue weighted by atomic mass is 79.9. The van der Waals surface area contributed by atoms with Crippen LogP contribution in [0.15, 0.2) is 51.8 Å². The molecule has 4 N–H and O–H groups in total. The largest absolute Gasteiger partial charge is 0.397 e. The number of nitrogen functional groups attached to an aromatic ring is 2. The molecular formula is C17H20BrN3S. The molecule has 3 nitrogen and oxygen atoms in total. The lowest BCUT2D eigenvalue weighted by molar-refractivity contribution is 0.346. The monoisotopic (exact) mass is 377 g/mol. The van der Waals surface area contributed by atoms with E-state index in [9.17, 15) is 0 Å². The van der Waals surface area contributed by atoms with Crippen molar-refractivity contribution >= 4 is 39.3 Å². The molecule has 0 saturated carbocycles. The molecule has 2 aromatic carbocycles. The molecule has 0 atom stereocenters. The minimum atomic E-state index is 0.618. The maximum absolute atomic E-state index is 5.94. The lowest BCUT2D eigenvalue weighted by atomic mass is 9.90. The van der Waals surface area contributed by atoms with Gasteiger partial charge in [-0.1, -0.05) is 30.3 Å². The second-order valence-corrected chi connectivity index (χ2v) is 7.64. The lowest BCUT2D eigenvalue weighted by Crippen LogP contribution is -2.27. The number of hydrogen-bond donors (Lipinski definition) is 2. The van der Waals surface area contributed by atoms with E-state index in [2.05, 4.69) is 50.6 Å². The minimum absolute atomic E-state index is 0.618. The molecule has 2 aromatic rings. The molecule has 22 heavy (non-hydrogen) atoms. The summed E-state index contributed by atoms with van der Waals surface area (Å²) in [6.07, 6.45) is 2.39. The Labute approximate surface area is 144 Å². The number of rotatable bonds is 3. The molecule has 1 aliphatic rings. The van der Waals surface area contributed by atoms with Crippen molar-refractivity contribution in [1.29, 1.82) is 0 Å². The minimum Gasteiger partial charge on any atom is -0.397 e. The van der Waals surface area contributed by atoms with Crippen molar-refractivity contribution < 1.29 is 0 Å². The van der Waals surface area contributed by atoms with Crippen LogP contribution < -0.4 is 11.5 Å². The number of halogens is 1. The van der Waals surface area contributed by atoms with Gasteiger partial charge in [0.1, 0.15) is 0 Å². The van der Waals surface area contributed by atoms with E-state index in [4.69, 9.17) is 11.5 Å². The van der Waals surface area contributed by atoms with Crippen molar-refractivity contribution in [2.75, 3.05) is 24.6 Å². The van der Waals surface area contributed by atoms with Crippen molar-refractivity contribution in [2.24, 2.45) is 0 Å². The molecule has 3 rings (SSSR count). The van der Waals surface area contributed by atoms with E-state index in [1.54, 1.807) is 11.9 Å². The van der Waals surface area contributed by atoms with E-state index in [-0.39, 0.29) is 0 Å². The van der Waals surface area contributed by atoms with Crippen LogP contribution in [0.5, 0.6) is 0 Å². The summed E-state index contributed by atoms with van der Waals surface area (Å²) in [5.74, 6) is 0.682. The Balaban J connectivity index is 1.60. The molecule has 116 valence electrons. The quantitative estimate of drug-likeness (QED) is 0.610. The second-order valence-electron chi connectivity index (χ2n) is 5.61. The molecule has 0 aromatic heterocycles. The highest BCUT2D eigenvalue weighted by Gasteiger charge is 2.21. The summed E-state index contributed by atoms with van der Waals surface area (Å²) in [5.41, 5.74) is 14.5. The van der Waals surface area contributed by atoms with Gasteiger partial charge in [-0.25, -0.2) is 4.31 Å². The van der Waals surface area contributed by atoms with Crippen molar-refractivity contribution in [3.63, 3.8) is 0 Å². The third-order valence-electron chi connectivity index (χ3n) is 4.09. The van der Waals surface area contributed by atoms with Crippen molar-refractivity contribution in [3.8, 4) is 0 Å². The van der Waals surface area contributed by atoms with Crippen LogP contribution in [-0.4, -0.2) is 17.4 Å². The third-order valence-corrected chi connectivity index (χ3v) is 5.82. The number of anilines is 2. The normalized spacial score (nSPS) is 16.8. The predicted molar refractivity (Wildman–Crippen MR) is 98.8 cm³/mol. The summed E-state index contributed by atoms with van der Waals surface area (Å²) in [6.45, 7) is 2.18. The van der Waals surface area contributed by atoms with Gasteiger partial charge in [-0.3, -0.25) is 0 Å². The average Bonchev–Trinajstić information content (AvgIpc) is 2.54. The van der Waals surface area contributed by atoms with E-state index >= 15 is 0 Å². The molecule has 0 aliphatic carbocycles. The molecule has 1 saturated heterocycles. The van der Waals surface area contributed by atoms with Crippen LogP contribution in [0.2, 0.25) is 0 Å². The Kier molecular flexibility index (Phi) is 4.96. The fraction of sp³-hybridized carbons (Fsp3) is 0.294. The first kappa shape index (κ1) is 15.7. The predicted octanol–water partition coefficient (Wildman–Crippen LogP) is 4.50. The Bertz CT molecular complexity index is 617. The molecule has 0 spiro atoms. The van der Waals surface area contributed by atoms with Crippen LogP contribution in [0.4, 0.5) is 11.4 Å². The fourth-order valence-electron chi connectivity index (χ4n) is 2.82. The second kappa shape index (κ2) is 6.94. The Morgan fingerprint density at radius 1 is 1.05 bits per heavy atom. The number of nitrogens with two attached hydrogens (primary N) is 2. The van der Waals surface area contributed by atoms with Crippen molar-refractivity contribution in [1.82, 2.24) is 4.31 Å². The first-order valence-electron chi connectivity index (χ1n) is 7.46. The molecule has 1 fully saturated rings. The molecule has 5 heteroatoms. The van der Waals surface area contributed by atoms with Crippen LogP contribution in [0.1, 0.15) is 24.3 Å². The fourth-order valence-corrected chi connectivity index (χ4v) is 4.49. The van der Waals surface area contributed by atoms with Crippen LogP contribution in [0.3, 0.4) is 0 Å². The van der Waals surface area contributed by atoms with E-state index in [1.165, 1.54) is 18.4 Å². The van der Waals surface area contributed by atoms with Gasteiger partial charge < -0.3 is 11.5 Å². The van der Waals surface area contributed by atoms with Gasteiger partial charge in [0.05, 0.1) is 11.4 Å². The van der Waals surface area contributed by atoms with Crippen LogP contribution in [-0.2, 0) is 0 Å². The van der Waals surface area contributed by atoms with Gasteiger partial charge in [0.2, 0.25) is 0 Å². The number of hydrogen-bond acceptors (Lipinski definition) is 4. The standard InChI is InChI=1S/C17H20BrN3S/c18-15-10-14(11-16(19)17(15)20)22-21-8-6-13(7-9-21)12-4-2-1-3-5-12/h1-5,10-11,13H,6-9,19-20H2. The van der Waals surface area contributed by atoms with Crippen molar-refractivity contribution in [2.45, 2.75) is 23.7 Å². The van der Waals surface area contributed by atoms with Gasteiger partial charge in [-0.2, -0.15) is 0 Å². The molecule has 0 bridgehead atoms. The number of piperidine rings is 1. The van der Waals surface area contributed by atoms with Gasteiger partial charge in [-0.15, -0.1) is 0 Å². The molecule has 0 radical (unpaired) electrons. The van der Waals surface area contributed by atoms with E-state index < -0.39 is 0 Å². The zero-order valence-corrected chi connectivity index (χ0v) is 14.7. The summed E-state index contributed by atoms with van der Waals surface area (Å²) < 4.78 is 3.28. The number of nitrogens with zero attached hydrogens (tertiary/aromatic N) is 1. The topological polar surface area (TPSA) is 55.3 Å². The smallest absolute Gasteiger partial charge is 0.0692 e. The maximum atomic E-state index is 5.94. The van der Waals surface area contributed by atoms with Gasteiger partial charge in [-0.05, 0) is 64.3 Å². The summed E-state index contributed by atoms with van der Waals surface area (Å²) >= 11 is 5.23. The summed E-state index contributed by atoms with van der Waals surface area (Å²) in [7, 11) is 0. The highest BCUT2D eigenvalue weighted by molar-refractivity contribution is 9.10. The highest BCUT2D eigenvalue weighted by Crippen LogP contribution is 2.36. The van der Waals surface area contributed by atoms with Gasteiger partial charge in [0.25, 0.3) is 0 Å².